The number of amides is 1. The van der Waals surface area contributed by atoms with E-state index in [4.69, 9.17) is 0 Å². The minimum Gasteiger partial charge on any atom is -0.480 e. The van der Waals surface area contributed by atoms with Gasteiger partial charge in [-0.3, -0.25) is 4.79 Å². The molecule has 0 heterocycles. The van der Waals surface area contributed by atoms with Gasteiger partial charge in [0.1, 0.15) is 6.04 Å². The van der Waals surface area contributed by atoms with Crippen LogP contribution in [-0.4, -0.2) is 23.0 Å². The third kappa shape index (κ3) is 3.54. The number of benzene rings is 3. The predicted octanol–water partition coefficient (Wildman–Crippen LogP) is 4.00. The lowest BCUT2D eigenvalue weighted by molar-refractivity contribution is -0.141. The van der Waals surface area contributed by atoms with Crippen LogP contribution in [0.25, 0.3) is 11.1 Å². The van der Waals surface area contributed by atoms with Gasteiger partial charge in [0.25, 0.3) is 0 Å². The van der Waals surface area contributed by atoms with Crippen LogP contribution in [0, 0.1) is 0 Å². The third-order valence-electron chi connectivity index (χ3n) is 5.27. The summed E-state index contributed by atoms with van der Waals surface area (Å²) in [5.74, 6) is -1.33. The van der Waals surface area contributed by atoms with Gasteiger partial charge in [-0.15, -0.1) is 0 Å². The van der Waals surface area contributed by atoms with Crippen LogP contribution in [-0.2, 0) is 16.0 Å². The first-order valence-corrected chi connectivity index (χ1v) is 9.38. The monoisotopic (exact) mass is 371 g/mol. The van der Waals surface area contributed by atoms with Crippen LogP contribution in [0.2, 0.25) is 0 Å². The van der Waals surface area contributed by atoms with Gasteiger partial charge in [0.2, 0.25) is 5.91 Å². The number of hydrogen-bond acceptors (Lipinski definition) is 2. The molecule has 1 aliphatic rings. The number of carbonyl (C=O) groups excluding carboxylic acids is 1. The lowest BCUT2D eigenvalue weighted by Gasteiger charge is -2.18. The molecule has 1 amide bonds. The first-order valence-electron chi connectivity index (χ1n) is 9.38. The standard InChI is InChI=1S/C24H21NO3/c26-23(25-22(24(27)28)14-16-8-2-1-3-9-16)15-21-19-12-6-4-10-17(19)18-11-5-7-13-20(18)21/h1-13,21-22H,14-15H2,(H,25,26)(H,27,28). The van der Waals surface area contributed by atoms with Crippen molar-refractivity contribution in [1.82, 2.24) is 5.32 Å². The molecule has 140 valence electrons. The molecule has 3 aromatic rings. The number of carboxylic acids is 1. The molecule has 1 unspecified atom stereocenters. The van der Waals surface area contributed by atoms with E-state index < -0.39 is 12.0 Å². The number of carboxylic acid groups (broad SMARTS) is 1. The van der Waals surface area contributed by atoms with Crippen molar-refractivity contribution in [3.8, 4) is 11.1 Å². The maximum absolute atomic E-state index is 12.7. The molecule has 0 radical (unpaired) electrons. The van der Waals surface area contributed by atoms with Crippen LogP contribution in [0.4, 0.5) is 0 Å². The van der Waals surface area contributed by atoms with Crippen LogP contribution in [0.5, 0.6) is 0 Å². The number of hydrogen-bond donors (Lipinski definition) is 2. The van der Waals surface area contributed by atoms with Crippen LogP contribution in [0.15, 0.2) is 78.9 Å². The summed E-state index contributed by atoms with van der Waals surface area (Å²) in [5, 5.41) is 12.3. The van der Waals surface area contributed by atoms with E-state index in [-0.39, 0.29) is 24.7 Å². The molecule has 0 fully saturated rings. The summed E-state index contributed by atoms with van der Waals surface area (Å²) in [6.07, 6.45) is 0.492. The first kappa shape index (κ1) is 18.0. The van der Waals surface area contributed by atoms with Crippen molar-refractivity contribution in [2.24, 2.45) is 0 Å². The average molecular weight is 371 g/mol. The normalized spacial score (nSPS) is 13.4. The number of rotatable bonds is 6. The second kappa shape index (κ2) is 7.69. The molecule has 4 heteroatoms. The van der Waals surface area contributed by atoms with E-state index in [0.29, 0.717) is 0 Å². The minimum absolute atomic E-state index is 0.0569. The van der Waals surface area contributed by atoms with Crippen molar-refractivity contribution in [3.63, 3.8) is 0 Å². The summed E-state index contributed by atoms with van der Waals surface area (Å²) < 4.78 is 0. The zero-order chi connectivity index (χ0) is 19.5. The van der Waals surface area contributed by atoms with E-state index in [1.165, 1.54) is 0 Å². The minimum atomic E-state index is -1.02. The Morgan fingerprint density at radius 1 is 0.821 bits per heavy atom. The molecular formula is C24H21NO3. The van der Waals surface area contributed by atoms with Gasteiger partial charge in [-0.1, -0.05) is 78.9 Å². The van der Waals surface area contributed by atoms with Gasteiger partial charge in [0.15, 0.2) is 0 Å². The Kier molecular flexibility index (Phi) is 4.94. The van der Waals surface area contributed by atoms with E-state index in [1.807, 2.05) is 66.7 Å². The SMILES string of the molecule is O=C(CC1c2ccccc2-c2ccccc21)NC(Cc1ccccc1)C(=O)O. The molecule has 0 aliphatic heterocycles. The summed E-state index contributed by atoms with van der Waals surface area (Å²) in [5.41, 5.74) is 5.42. The van der Waals surface area contributed by atoms with Crippen molar-refractivity contribution in [1.29, 1.82) is 0 Å². The molecule has 2 N–H and O–H groups in total. The Hall–Kier alpha value is -3.40. The molecular weight excluding hydrogens is 350 g/mol. The van der Waals surface area contributed by atoms with Gasteiger partial charge in [0.05, 0.1) is 0 Å². The maximum Gasteiger partial charge on any atom is 0.326 e. The smallest absolute Gasteiger partial charge is 0.326 e. The molecule has 4 nitrogen and oxygen atoms in total. The predicted molar refractivity (Wildman–Crippen MR) is 108 cm³/mol. The summed E-state index contributed by atoms with van der Waals surface area (Å²) in [4.78, 5) is 24.4. The second-order valence-electron chi connectivity index (χ2n) is 7.08. The summed E-state index contributed by atoms with van der Waals surface area (Å²) >= 11 is 0. The molecule has 0 aromatic heterocycles. The highest BCUT2D eigenvalue weighted by Gasteiger charge is 2.30. The largest absolute Gasteiger partial charge is 0.480 e. The molecule has 0 bridgehead atoms. The molecule has 0 spiro atoms. The number of nitrogens with one attached hydrogen (secondary N) is 1. The highest BCUT2D eigenvalue weighted by molar-refractivity contribution is 5.87. The van der Waals surface area contributed by atoms with E-state index in [2.05, 4.69) is 17.4 Å². The van der Waals surface area contributed by atoms with Crippen molar-refractivity contribution in [3.05, 3.63) is 95.6 Å². The van der Waals surface area contributed by atoms with E-state index in [9.17, 15) is 14.7 Å². The van der Waals surface area contributed by atoms with Crippen molar-refractivity contribution >= 4 is 11.9 Å². The number of carbonyl (C=O) groups is 2. The summed E-state index contributed by atoms with van der Waals surface area (Å²) in [6.45, 7) is 0. The molecule has 3 aromatic carbocycles. The fourth-order valence-corrected chi connectivity index (χ4v) is 3.97. The van der Waals surface area contributed by atoms with Crippen LogP contribution in [0.3, 0.4) is 0 Å². The number of aliphatic carboxylic acids is 1. The fourth-order valence-electron chi connectivity index (χ4n) is 3.97. The molecule has 0 saturated carbocycles. The quantitative estimate of drug-likeness (QED) is 0.688. The lowest BCUT2D eigenvalue weighted by atomic mass is 9.93. The van der Waals surface area contributed by atoms with E-state index in [0.717, 1.165) is 27.8 Å². The zero-order valence-electron chi connectivity index (χ0n) is 15.3. The summed E-state index contributed by atoms with van der Waals surface area (Å²) in [7, 11) is 0. The van der Waals surface area contributed by atoms with E-state index in [1.54, 1.807) is 0 Å². The van der Waals surface area contributed by atoms with Crippen molar-refractivity contribution in [2.75, 3.05) is 0 Å². The molecule has 1 aliphatic carbocycles. The second-order valence-corrected chi connectivity index (χ2v) is 7.08. The van der Waals surface area contributed by atoms with Crippen LogP contribution >= 0.6 is 0 Å². The van der Waals surface area contributed by atoms with Crippen LogP contribution in [0.1, 0.15) is 29.0 Å². The number of fused-ring (bicyclic) bond motifs is 3. The van der Waals surface area contributed by atoms with Gasteiger partial charge in [-0.25, -0.2) is 4.79 Å². The average Bonchev–Trinajstić information content (AvgIpc) is 3.02. The van der Waals surface area contributed by atoms with Gasteiger partial charge in [0, 0.05) is 18.8 Å². The third-order valence-corrected chi connectivity index (χ3v) is 5.27. The van der Waals surface area contributed by atoms with Crippen molar-refractivity contribution in [2.45, 2.75) is 24.8 Å². The fraction of sp³-hybridized carbons (Fsp3) is 0.167. The van der Waals surface area contributed by atoms with Gasteiger partial charge in [-0.2, -0.15) is 0 Å². The Balaban J connectivity index is 1.52. The van der Waals surface area contributed by atoms with Crippen LogP contribution < -0.4 is 5.32 Å². The van der Waals surface area contributed by atoms with Gasteiger partial charge >= 0.3 is 5.97 Å². The maximum atomic E-state index is 12.7. The Morgan fingerprint density at radius 3 is 1.93 bits per heavy atom. The Morgan fingerprint density at radius 2 is 1.36 bits per heavy atom. The lowest BCUT2D eigenvalue weighted by Crippen LogP contribution is -2.42. The zero-order valence-corrected chi connectivity index (χ0v) is 15.3. The van der Waals surface area contributed by atoms with Gasteiger partial charge < -0.3 is 10.4 Å². The Labute approximate surface area is 163 Å². The first-order chi connectivity index (χ1) is 13.6. The van der Waals surface area contributed by atoms with E-state index >= 15 is 0 Å². The molecule has 28 heavy (non-hydrogen) atoms. The highest BCUT2D eigenvalue weighted by Crippen LogP contribution is 2.45. The molecule has 1 atom stereocenters. The molecule has 0 saturated heterocycles. The Bertz CT molecular complexity index is 968. The molecule has 4 rings (SSSR count). The summed E-state index contributed by atoms with van der Waals surface area (Å²) in [6, 6.07) is 24.6. The van der Waals surface area contributed by atoms with Gasteiger partial charge in [-0.05, 0) is 27.8 Å². The topological polar surface area (TPSA) is 66.4 Å². The van der Waals surface area contributed by atoms with Crippen molar-refractivity contribution < 1.29 is 14.7 Å². The highest BCUT2D eigenvalue weighted by atomic mass is 16.4.